The van der Waals surface area contributed by atoms with E-state index in [1.54, 1.807) is 24.3 Å². The third-order valence-electron chi connectivity index (χ3n) is 2.99. The van der Waals surface area contributed by atoms with Crippen molar-refractivity contribution in [3.05, 3.63) is 59.2 Å². The molecule has 0 aliphatic rings. The molecule has 0 fully saturated rings. The highest BCUT2D eigenvalue weighted by Gasteiger charge is 2.11. The molecule has 0 spiro atoms. The summed E-state index contributed by atoms with van der Waals surface area (Å²) in [6.07, 6.45) is 2.94. The third-order valence-corrected chi connectivity index (χ3v) is 2.99. The van der Waals surface area contributed by atoms with E-state index in [4.69, 9.17) is 5.73 Å². The lowest BCUT2D eigenvalue weighted by atomic mass is 10.2. The van der Waals surface area contributed by atoms with Crippen molar-refractivity contribution >= 4 is 12.0 Å². The summed E-state index contributed by atoms with van der Waals surface area (Å²) in [7, 11) is 0. The van der Waals surface area contributed by atoms with Gasteiger partial charge in [0.2, 0.25) is 5.91 Å². The predicted octanol–water partition coefficient (Wildman–Crippen LogP) is 2.73. The van der Waals surface area contributed by atoms with E-state index in [1.807, 2.05) is 24.5 Å². The number of primary amides is 1. The number of carbonyl (C=O) groups is 1. The smallest absolute Gasteiger partial charge is 0.241 e. The Hall–Kier alpha value is -2.36. The molecular weight excluding hydrogens is 243 g/mol. The van der Waals surface area contributed by atoms with Crippen LogP contribution in [0.15, 0.2) is 36.4 Å². The van der Waals surface area contributed by atoms with E-state index in [0.29, 0.717) is 5.69 Å². The maximum Gasteiger partial charge on any atom is 0.241 e. The van der Waals surface area contributed by atoms with Crippen LogP contribution < -0.4 is 5.73 Å². The number of nitrogens with zero attached hydrogens (tertiary/aromatic N) is 1. The quantitative estimate of drug-likeness (QED) is 0.845. The van der Waals surface area contributed by atoms with Crippen molar-refractivity contribution in [3.8, 4) is 5.69 Å². The minimum atomic E-state index is -0.504. The van der Waals surface area contributed by atoms with Crippen LogP contribution in [0, 0.1) is 19.7 Å². The topological polar surface area (TPSA) is 48.0 Å². The maximum atomic E-state index is 13.8. The number of amides is 1. The molecule has 98 valence electrons. The lowest BCUT2D eigenvalue weighted by Crippen LogP contribution is -2.05. The zero-order chi connectivity index (χ0) is 14.0. The summed E-state index contributed by atoms with van der Waals surface area (Å²) < 4.78 is 15.7. The molecule has 4 heteroatoms. The van der Waals surface area contributed by atoms with E-state index in [0.717, 1.165) is 17.0 Å². The number of hydrogen-bond acceptors (Lipinski definition) is 1. The summed E-state index contributed by atoms with van der Waals surface area (Å²) in [6.45, 7) is 3.77. The van der Waals surface area contributed by atoms with E-state index in [-0.39, 0.29) is 5.82 Å². The standard InChI is InChI=1S/C15H15FN2O/c1-10-9-12(7-8-15(17)19)11(2)18(10)14-6-4-3-5-13(14)16/h3-9H,1-2H3,(H2,17,19)/b8-7-. The fourth-order valence-electron chi connectivity index (χ4n) is 2.13. The van der Waals surface area contributed by atoms with E-state index in [9.17, 15) is 9.18 Å². The highest BCUT2D eigenvalue weighted by Crippen LogP contribution is 2.23. The van der Waals surface area contributed by atoms with Gasteiger partial charge in [-0.25, -0.2) is 4.39 Å². The van der Waals surface area contributed by atoms with Crippen molar-refractivity contribution < 1.29 is 9.18 Å². The van der Waals surface area contributed by atoms with Crippen molar-refractivity contribution in [3.63, 3.8) is 0 Å². The van der Waals surface area contributed by atoms with Gasteiger partial charge in [0.25, 0.3) is 0 Å². The summed E-state index contributed by atoms with van der Waals surface area (Å²) in [5.41, 5.74) is 8.18. The summed E-state index contributed by atoms with van der Waals surface area (Å²) in [5.74, 6) is -0.787. The molecule has 2 aromatic rings. The SMILES string of the molecule is Cc1cc(/C=C\C(N)=O)c(C)n1-c1ccccc1F. The van der Waals surface area contributed by atoms with Gasteiger partial charge in [-0.05, 0) is 43.7 Å². The van der Waals surface area contributed by atoms with Crippen LogP contribution in [0.1, 0.15) is 17.0 Å². The summed E-state index contributed by atoms with van der Waals surface area (Å²) in [5, 5.41) is 0. The normalized spacial score (nSPS) is 11.1. The Morgan fingerprint density at radius 2 is 2.00 bits per heavy atom. The van der Waals surface area contributed by atoms with Gasteiger partial charge in [0.05, 0.1) is 5.69 Å². The molecule has 1 heterocycles. The molecule has 0 saturated carbocycles. The number of rotatable bonds is 3. The molecular formula is C15H15FN2O. The first kappa shape index (κ1) is 13.1. The number of carbonyl (C=O) groups excluding carboxylic acids is 1. The number of nitrogens with two attached hydrogens (primary N) is 1. The second-order valence-corrected chi connectivity index (χ2v) is 4.35. The first-order chi connectivity index (χ1) is 9.00. The van der Waals surface area contributed by atoms with Gasteiger partial charge < -0.3 is 10.3 Å². The van der Waals surface area contributed by atoms with Crippen molar-refractivity contribution in [2.45, 2.75) is 13.8 Å². The molecule has 0 saturated heterocycles. The Bertz CT molecular complexity index is 656. The largest absolute Gasteiger partial charge is 0.366 e. The van der Waals surface area contributed by atoms with Gasteiger partial charge in [-0.1, -0.05) is 12.1 Å². The van der Waals surface area contributed by atoms with Crippen LogP contribution in [-0.4, -0.2) is 10.5 Å². The zero-order valence-electron chi connectivity index (χ0n) is 10.9. The highest BCUT2D eigenvalue weighted by atomic mass is 19.1. The molecule has 0 radical (unpaired) electrons. The summed E-state index contributed by atoms with van der Waals surface area (Å²) in [6, 6.07) is 8.47. The van der Waals surface area contributed by atoms with Crippen LogP contribution in [0.25, 0.3) is 11.8 Å². The molecule has 19 heavy (non-hydrogen) atoms. The lowest BCUT2D eigenvalue weighted by molar-refractivity contribution is -0.113. The fourth-order valence-corrected chi connectivity index (χ4v) is 2.13. The van der Waals surface area contributed by atoms with Crippen LogP contribution in [0.3, 0.4) is 0 Å². The van der Waals surface area contributed by atoms with E-state index < -0.39 is 5.91 Å². The van der Waals surface area contributed by atoms with Crippen LogP contribution in [0.5, 0.6) is 0 Å². The number of aromatic nitrogens is 1. The van der Waals surface area contributed by atoms with Gasteiger partial charge in [0.15, 0.2) is 0 Å². The van der Waals surface area contributed by atoms with Crippen LogP contribution in [-0.2, 0) is 4.79 Å². The Morgan fingerprint density at radius 3 is 2.63 bits per heavy atom. The first-order valence-corrected chi connectivity index (χ1v) is 5.92. The van der Waals surface area contributed by atoms with Gasteiger partial charge in [0.1, 0.15) is 5.82 Å². The summed E-state index contributed by atoms with van der Waals surface area (Å²) in [4.78, 5) is 10.8. The van der Waals surface area contributed by atoms with Crippen LogP contribution in [0.2, 0.25) is 0 Å². The lowest BCUT2D eigenvalue weighted by Gasteiger charge is -2.10. The molecule has 2 N–H and O–H groups in total. The Labute approximate surface area is 111 Å². The maximum absolute atomic E-state index is 13.8. The fraction of sp³-hybridized carbons (Fsp3) is 0.133. The molecule has 1 aromatic heterocycles. The van der Waals surface area contributed by atoms with Crippen molar-refractivity contribution in [1.82, 2.24) is 4.57 Å². The molecule has 1 amide bonds. The van der Waals surface area contributed by atoms with Gasteiger partial charge in [0, 0.05) is 17.5 Å². The van der Waals surface area contributed by atoms with Crippen molar-refractivity contribution in [2.24, 2.45) is 5.73 Å². The molecule has 0 atom stereocenters. The second kappa shape index (κ2) is 5.10. The van der Waals surface area contributed by atoms with E-state index in [1.165, 1.54) is 12.1 Å². The van der Waals surface area contributed by atoms with Crippen molar-refractivity contribution in [2.75, 3.05) is 0 Å². The monoisotopic (exact) mass is 258 g/mol. The third kappa shape index (κ3) is 2.57. The molecule has 0 bridgehead atoms. The Morgan fingerprint density at radius 1 is 1.32 bits per heavy atom. The molecule has 0 aliphatic heterocycles. The predicted molar refractivity (Wildman–Crippen MR) is 73.4 cm³/mol. The molecule has 1 aromatic carbocycles. The average Bonchev–Trinajstić information content (AvgIpc) is 2.63. The van der Waals surface area contributed by atoms with Gasteiger partial charge >= 0.3 is 0 Å². The number of aryl methyl sites for hydroxylation is 1. The van der Waals surface area contributed by atoms with Crippen molar-refractivity contribution in [1.29, 1.82) is 0 Å². The first-order valence-electron chi connectivity index (χ1n) is 5.92. The van der Waals surface area contributed by atoms with E-state index in [2.05, 4.69) is 0 Å². The number of halogens is 1. The van der Waals surface area contributed by atoms with Gasteiger partial charge in [-0.2, -0.15) is 0 Å². The summed E-state index contributed by atoms with van der Waals surface area (Å²) >= 11 is 0. The Kier molecular flexibility index (Phi) is 3.51. The molecule has 0 aliphatic carbocycles. The number of hydrogen-bond donors (Lipinski definition) is 1. The number of benzene rings is 1. The van der Waals surface area contributed by atoms with Crippen LogP contribution >= 0.6 is 0 Å². The zero-order valence-corrected chi connectivity index (χ0v) is 10.9. The minimum absolute atomic E-state index is 0.283. The van der Waals surface area contributed by atoms with E-state index >= 15 is 0 Å². The second-order valence-electron chi connectivity index (χ2n) is 4.35. The van der Waals surface area contributed by atoms with Gasteiger partial charge in [-0.15, -0.1) is 0 Å². The molecule has 3 nitrogen and oxygen atoms in total. The van der Waals surface area contributed by atoms with Gasteiger partial charge in [-0.3, -0.25) is 4.79 Å². The molecule has 2 rings (SSSR count). The highest BCUT2D eigenvalue weighted by molar-refractivity contribution is 5.90. The molecule has 0 unspecified atom stereocenters. The Balaban J connectivity index is 2.54. The minimum Gasteiger partial charge on any atom is -0.366 e. The van der Waals surface area contributed by atoms with Crippen LogP contribution in [0.4, 0.5) is 4.39 Å². The number of para-hydroxylation sites is 1. The average molecular weight is 258 g/mol.